The van der Waals surface area contributed by atoms with Gasteiger partial charge in [-0.2, -0.15) is 0 Å². The van der Waals surface area contributed by atoms with Gasteiger partial charge >= 0.3 is 0 Å². The summed E-state index contributed by atoms with van der Waals surface area (Å²) < 4.78 is 0. The highest BCUT2D eigenvalue weighted by atomic mass is 16.3. The summed E-state index contributed by atoms with van der Waals surface area (Å²) >= 11 is 0. The van der Waals surface area contributed by atoms with Gasteiger partial charge in [-0.25, -0.2) is 0 Å². The lowest BCUT2D eigenvalue weighted by molar-refractivity contribution is -0.122. The molecule has 5 heteroatoms. The number of nitrogens with one attached hydrogen (secondary N) is 1. The van der Waals surface area contributed by atoms with Crippen molar-refractivity contribution in [2.24, 2.45) is 17.6 Å². The molecular weight excluding hydrogens is 208 g/mol. The Kier molecular flexibility index (Phi) is 8.15. The highest BCUT2D eigenvalue weighted by molar-refractivity contribution is 5.76. The Hall–Kier alpha value is -0.650. The second kappa shape index (κ2) is 8.50. The summed E-state index contributed by atoms with van der Waals surface area (Å²) in [7, 11) is 0. The van der Waals surface area contributed by atoms with E-state index in [2.05, 4.69) is 19.2 Å². The highest BCUT2D eigenvalue weighted by Gasteiger charge is 2.14. The predicted octanol–water partition coefficient (Wildman–Crippen LogP) is -0.533. The van der Waals surface area contributed by atoms with E-state index in [0.29, 0.717) is 18.9 Å². The summed E-state index contributed by atoms with van der Waals surface area (Å²) in [6.45, 7) is 4.43. The lowest BCUT2D eigenvalue weighted by atomic mass is 9.94. The normalized spacial score (nSPS) is 14.9. The van der Waals surface area contributed by atoms with Crippen molar-refractivity contribution in [2.75, 3.05) is 19.7 Å². The third-order valence-electron chi connectivity index (χ3n) is 2.36. The van der Waals surface area contributed by atoms with Gasteiger partial charge in [0, 0.05) is 13.0 Å². The molecule has 0 spiro atoms. The van der Waals surface area contributed by atoms with E-state index < -0.39 is 6.10 Å². The van der Waals surface area contributed by atoms with Gasteiger partial charge in [-0.05, 0) is 24.8 Å². The van der Waals surface area contributed by atoms with E-state index in [1.54, 1.807) is 0 Å². The largest absolute Gasteiger partial charge is 0.394 e. The number of hydrogen-bond acceptors (Lipinski definition) is 4. The molecule has 0 saturated carbocycles. The van der Waals surface area contributed by atoms with Gasteiger partial charge in [-0.3, -0.25) is 4.79 Å². The molecule has 0 fully saturated rings. The molecule has 0 aromatic heterocycles. The Balaban J connectivity index is 3.82. The topological polar surface area (TPSA) is 95.6 Å². The number of aliphatic hydroxyl groups excluding tert-OH is 2. The number of nitrogens with two attached hydrogens (primary N) is 1. The van der Waals surface area contributed by atoms with Crippen LogP contribution in [-0.2, 0) is 4.79 Å². The predicted molar refractivity (Wildman–Crippen MR) is 62.7 cm³/mol. The van der Waals surface area contributed by atoms with Gasteiger partial charge in [-0.15, -0.1) is 0 Å². The Bertz CT molecular complexity index is 198. The molecule has 5 N–H and O–H groups in total. The minimum atomic E-state index is -0.884. The summed E-state index contributed by atoms with van der Waals surface area (Å²) in [5.74, 6) is 0.583. The average molecular weight is 232 g/mol. The van der Waals surface area contributed by atoms with Crippen molar-refractivity contribution >= 4 is 5.91 Å². The van der Waals surface area contributed by atoms with E-state index in [0.717, 1.165) is 6.42 Å². The minimum absolute atomic E-state index is 0.0916. The highest BCUT2D eigenvalue weighted by Crippen LogP contribution is 2.13. The van der Waals surface area contributed by atoms with Crippen molar-refractivity contribution in [1.82, 2.24) is 5.32 Å². The van der Waals surface area contributed by atoms with E-state index in [9.17, 15) is 4.79 Å². The average Bonchev–Trinajstić information content (AvgIpc) is 2.24. The number of aliphatic hydroxyl groups is 2. The molecule has 1 amide bonds. The molecule has 0 aromatic rings. The number of rotatable bonds is 8. The lowest BCUT2D eigenvalue weighted by Gasteiger charge is -2.17. The van der Waals surface area contributed by atoms with Crippen molar-refractivity contribution in [3.8, 4) is 0 Å². The molecule has 2 atom stereocenters. The van der Waals surface area contributed by atoms with Gasteiger partial charge < -0.3 is 21.3 Å². The van der Waals surface area contributed by atoms with Crippen molar-refractivity contribution in [1.29, 1.82) is 0 Å². The maximum absolute atomic E-state index is 11.5. The molecule has 0 saturated heterocycles. The molecular formula is C11H24N2O3. The maximum Gasteiger partial charge on any atom is 0.220 e. The second-order valence-electron chi connectivity index (χ2n) is 4.58. The number of carbonyl (C=O) groups excluding carboxylic acids is 1. The summed E-state index contributed by atoms with van der Waals surface area (Å²) in [5.41, 5.74) is 5.58. The standard InChI is InChI=1S/C11H24N2O3/c1-8(2)3-9(5-12)4-11(16)13-6-10(15)7-14/h8-10,14-15H,3-7,12H2,1-2H3,(H,13,16). The van der Waals surface area contributed by atoms with Crippen molar-refractivity contribution in [2.45, 2.75) is 32.8 Å². The van der Waals surface area contributed by atoms with E-state index in [4.69, 9.17) is 15.9 Å². The van der Waals surface area contributed by atoms with Crippen LogP contribution in [-0.4, -0.2) is 41.9 Å². The Labute approximate surface area is 97.0 Å². The number of carbonyl (C=O) groups is 1. The lowest BCUT2D eigenvalue weighted by Crippen LogP contribution is -2.35. The Morgan fingerprint density at radius 2 is 2.06 bits per heavy atom. The van der Waals surface area contributed by atoms with Crippen molar-refractivity contribution in [3.63, 3.8) is 0 Å². The minimum Gasteiger partial charge on any atom is -0.394 e. The second-order valence-corrected chi connectivity index (χ2v) is 4.58. The van der Waals surface area contributed by atoms with Gasteiger partial charge in [-0.1, -0.05) is 13.8 Å². The molecule has 0 radical (unpaired) electrons. The molecule has 0 rings (SSSR count). The van der Waals surface area contributed by atoms with Crippen LogP contribution in [0.15, 0.2) is 0 Å². The summed E-state index contributed by atoms with van der Waals surface area (Å²) in [6, 6.07) is 0. The van der Waals surface area contributed by atoms with Crippen molar-refractivity contribution in [3.05, 3.63) is 0 Å². The van der Waals surface area contributed by atoms with Crippen molar-refractivity contribution < 1.29 is 15.0 Å². The molecule has 0 heterocycles. The van der Waals surface area contributed by atoms with Crippen LogP contribution in [0, 0.1) is 11.8 Å². The molecule has 0 aromatic carbocycles. The smallest absolute Gasteiger partial charge is 0.220 e. The SMILES string of the molecule is CC(C)CC(CN)CC(=O)NCC(O)CO. The van der Waals surface area contributed by atoms with Crippen LogP contribution in [0.25, 0.3) is 0 Å². The zero-order valence-electron chi connectivity index (χ0n) is 10.1. The van der Waals surface area contributed by atoms with Gasteiger partial charge in [0.05, 0.1) is 12.7 Å². The van der Waals surface area contributed by atoms with Crippen LogP contribution in [0.1, 0.15) is 26.7 Å². The molecule has 0 aliphatic rings. The van der Waals surface area contributed by atoms with Crippen LogP contribution in [0.5, 0.6) is 0 Å². The fraction of sp³-hybridized carbons (Fsp3) is 0.909. The molecule has 5 nitrogen and oxygen atoms in total. The third kappa shape index (κ3) is 7.62. The van der Waals surface area contributed by atoms with Gasteiger partial charge in [0.1, 0.15) is 0 Å². The van der Waals surface area contributed by atoms with Crippen LogP contribution in [0.3, 0.4) is 0 Å². The zero-order chi connectivity index (χ0) is 12.6. The van der Waals surface area contributed by atoms with Gasteiger partial charge in [0.15, 0.2) is 0 Å². The molecule has 16 heavy (non-hydrogen) atoms. The number of hydrogen-bond donors (Lipinski definition) is 4. The third-order valence-corrected chi connectivity index (χ3v) is 2.36. The molecule has 2 unspecified atom stereocenters. The first-order valence-corrected chi connectivity index (χ1v) is 5.75. The summed E-state index contributed by atoms with van der Waals surface area (Å²) in [4.78, 5) is 11.5. The fourth-order valence-corrected chi connectivity index (χ4v) is 1.56. The van der Waals surface area contributed by atoms with E-state index >= 15 is 0 Å². The first-order valence-electron chi connectivity index (χ1n) is 5.75. The molecule has 96 valence electrons. The van der Waals surface area contributed by atoms with E-state index in [-0.39, 0.29) is 25.0 Å². The van der Waals surface area contributed by atoms with Crippen LogP contribution in [0.2, 0.25) is 0 Å². The molecule has 0 bridgehead atoms. The van der Waals surface area contributed by atoms with E-state index in [1.807, 2.05) is 0 Å². The van der Waals surface area contributed by atoms with E-state index in [1.165, 1.54) is 0 Å². The fourth-order valence-electron chi connectivity index (χ4n) is 1.56. The zero-order valence-corrected chi connectivity index (χ0v) is 10.1. The van der Waals surface area contributed by atoms with Gasteiger partial charge in [0.25, 0.3) is 0 Å². The molecule has 0 aliphatic carbocycles. The Morgan fingerprint density at radius 3 is 2.50 bits per heavy atom. The summed E-state index contributed by atoms with van der Waals surface area (Å²) in [6.07, 6.45) is 0.421. The summed E-state index contributed by atoms with van der Waals surface area (Å²) in [5, 5.41) is 20.2. The van der Waals surface area contributed by atoms with Crippen LogP contribution < -0.4 is 11.1 Å². The number of amides is 1. The quantitative estimate of drug-likeness (QED) is 0.452. The monoisotopic (exact) mass is 232 g/mol. The Morgan fingerprint density at radius 1 is 1.44 bits per heavy atom. The maximum atomic E-state index is 11.5. The molecule has 0 aliphatic heterocycles. The van der Waals surface area contributed by atoms with Crippen LogP contribution in [0.4, 0.5) is 0 Å². The first-order chi connectivity index (χ1) is 7.49. The van der Waals surface area contributed by atoms with Gasteiger partial charge in [0.2, 0.25) is 5.91 Å². The van der Waals surface area contributed by atoms with Crippen LogP contribution >= 0.6 is 0 Å². The first kappa shape index (κ1) is 15.3.